The molecule has 0 bridgehead atoms. The Hall–Kier alpha value is -1.57. The minimum atomic E-state index is 0.104. The van der Waals surface area contributed by atoms with Crippen LogP contribution in [0.3, 0.4) is 0 Å². The fraction of sp³-hybridized carbons (Fsp3) is 0.357. The summed E-state index contributed by atoms with van der Waals surface area (Å²) in [5.41, 5.74) is 2.73. The van der Waals surface area contributed by atoms with Gasteiger partial charge in [-0.2, -0.15) is 0 Å². The zero-order chi connectivity index (χ0) is 12.0. The van der Waals surface area contributed by atoms with Crippen molar-refractivity contribution in [3.8, 4) is 0 Å². The Morgan fingerprint density at radius 3 is 2.31 bits per heavy atom. The summed E-state index contributed by atoms with van der Waals surface area (Å²) < 4.78 is 0. The number of carbonyl (C=O) groups is 1. The van der Waals surface area contributed by atoms with Gasteiger partial charge in [-0.1, -0.05) is 37.3 Å². The van der Waals surface area contributed by atoms with E-state index in [0.29, 0.717) is 0 Å². The molecule has 0 atom stereocenters. The predicted octanol–water partition coefficient (Wildman–Crippen LogP) is 3.01. The summed E-state index contributed by atoms with van der Waals surface area (Å²) in [7, 11) is 0. The highest BCUT2D eigenvalue weighted by atomic mass is 16.1. The fourth-order valence-electron chi connectivity index (χ4n) is 1.69. The number of hydrogen-bond acceptors (Lipinski definition) is 2. The molecule has 0 fully saturated rings. The summed E-state index contributed by atoms with van der Waals surface area (Å²) in [6, 6.07) is 9.79. The molecule has 1 N–H and O–H groups in total. The second kappa shape index (κ2) is 6.11. The highest BCUT2D eigenvalue weighted by molar-refractivity contribution is 6.20. The normalized spacial score (nSPS) is 11.9. The van der Waals surface area contributed by atoms with Gasteiger partial charge >= 0.3 is 0 Å². The molecule has 0 radical (unpaired) electrons. The molecule has 86 valence electrons. The van der Waals surface area contributed by atoms with Crippen LogP contribution < -0.4 is 5.32 Å². The quantitative estimate of drug-likeness (QED) is 0.768. The Morgan fingerprint density at radius 2 is 1.81 bits per heavy atom. The van der Waals surface area contributed by atoms with Crippen LogP contribution in [-0.4, -0.2) is 12.3 Å². The van der Waals surface area contributed by atoms with Crippen molar-refractivity contribution < 1.29 is 4.79 Å². The molecule has 0 aliphatic heterocycles. The van der Waals surface area contributed by atoms with Gasteiger partial charge in [-0.05, 0) is 25.8 Å². The number of benzene rings is 1. The molecule has 1 aromatic rings. The van der Waals surface area contributed by atoms with Crippen LogP contribution in [0.1, 0.15) is 32.8 Å². The largest absolute Gasteiger partial charge is 0.388 e. The first-order valence-corrected chi connectivity index (χ1v) is 5.68. The maximum Gasteiger partial charge on any atom is 0.162 e. The Labute approximate surface area is 97.4 Å². The van der Waals surface area contributed by atoms with E-state index in [2.05, 4.69) is 12.2 Å². The number of Topliss-reactive ketones (excluding diaryl/α,β-unsaturated/α-hetero) is 1. The molecule has 0 aromatic heterocycles. The van der Waals surface area contributed by atoms with E-state index in [9.17, 15) is 4.79 Å². The molecular weight excluding hydrogens is 198 g/mol. The molecule has 0 heterocycles. The van der Waals surface area contributed by atoms with Crippen molar-refractivity contribution in [2.75, 3.05) is 6.54 Å². The van der Waals surface area contributed by atoms with Crippen molar-refractivity contribution in [3.05, 3.63) is 41.6 Å². The van der Waals surface area contributed by atoms with Crippen LogP contribution in [0.5, 0.6) is 0 Å². The third kappa shape index (κ3) is 3.23. The second-order valence-corrected chi connectivity index (χ2v) is 3.85. The van der Waals surface area contributed by atoms with E-state index in [1.165, 1.54) is 0 Å². The van der Waals surface area contributed by atoms with E-state index in [-0.39, 0.29) is 5.78 Å². The number of allylic oxidation sites excluding steroid dienone is 2. The number of nitrogens with one attached hydrogen (secondary N) is 1. The molecule has 0 aliphatic carbocycles. The summed E-state index contributed by atoms with van der Waals surface area (Å²) in [5, 5.41) is 3.27. The topological polar surface area (TPSA) is 29.1 Å². The molecule has 0 aliphatic rings. The minimum Gasteiger partial charge on any atom is -0.388 e. The monoisotopic (exact) mass is 217 g/mol. The van der Waals surface area contributed by atoms with E-state index < -0.39 is 0 Å². The van der Waals surface area contributed by atoms with Gasteiger partial charge < -0.3 is 5.32 Å². The van der Waals surface area contributed by atoms with Gasteiger partial charge in [0.05, 0.1) is 0 Å². The Bertz CT molecular complexity index is 379. The minimum absolute atomic E-state index is 0.104. The Kier molecular flexibility index (Phi) is 4.77. The Morgan fingerprint density at radius 1 is 1.19 bits per heavy atom. The van der Waals surface area contributed by atoms with Crippen molar-refractivity contribution >= 4 is 11.4 Å². The molecule has 1 rings (SSSR count). The highest BCUT2D eigenvalue weighted by Gasteiger charge is 2.10. The number of carbonyl (C=O) groups excluding carboxylic acids is 1. The summed E-state index contributed by atoms with van der Waals surface area (Å²) in [5.74, 6) is 0.104. The number of rotatable bonds is 5. The van der Waals surface area contributed by atoms with Gasteiger partial charge in [-0.3, -0.25) is 4.79 Å². The zero-order valence-corrected chi connectivity index (χ0v) is 10.2. The van der Waals surface area contributed by atoms with Gasteiger partial charge in [-0.15, -0.1) is 0 Å². The summed E-state index contributed by atoms with van der Waals surface area (Å²) >= 11 is 0. The van der Waals surface area contributed by atoms with Gasteiger partial charge in [0.2, 0.25) is 0 Å². The van der Waals surface area contributed by atoms with Crippen LogP contribution in [0.15, 0.2) is 36.0 Å². The maximum atomic E-state index is 11.7. The lowest BCUT2D eigenvalue weighted by Gasteiger charge is -2.11. The van der Waals surface area contributed by atoms with Crippen LogP contribution >= 0.6 is 0 Å². The molecule has 0 saturated carbocycles. The standard InChI is InChI=1S/C14H19NO/c1-4-10-15-11(2)14(12(3)16)13-8-6-5-7-9-13/h5-9,15H,4,10H2,1-3H3/b14-11+. The van der Waals surface area contributed by atoms with Crippen LogP contribution in [0, 0.1) is 0 Å². The van der Waals surface area contributed by atoms with Crippen LogP contribution in [0.2, 0.25) is 0 Å². The summed E-state index contributed by atoms with van der Waals surface area (Å²) in [4.78, 5) is 11.7. The third-order valence-electron chi connectivity index (χ3n) is 2.43. The average Bonchev–Trinajstić information content (AvgIpc) is 2.27. The van der Waals surface area contributed by atoms with Gasteiger partial charge in [0.1, 0.15) is 0 Å². The molecular formula is C14H19NO. The van der Waals surface area contributed by atoms with Crippen LogP contribution in [0.4, 0.5) is 0 Å². The molecule has 0 spiro atoms. The lowest BCUT2D eigenvalue weighted by atomic mass is 10.0. The van der Waals surface area contributed by atoms with Crippen LogP contribution in [0.25, 0.3) is 5.57 Å². The summed E-state index contributed by atoms with van der Waals surface area (Å²) in [6.07, 6.45) is 1.05. The lowest BCUT2D eigenvalue weighted by Crippen LogP contribution is -2.15. The van der Waals surface area contributed by atoms with Gasteiger partial charge in [0.25, 0.3) is 0 Å². The van der Waals surface area contributed by atoms with E-state index >= 15 is 0 Å². The SMILES string of the molecule is CCCN/C(C)=C(\C(C)=O)c1ccccc1. The molecule has 0 unspecified atom stereocenters. The molecule has 1 aromatic carbocycles. The maximum absolute atomic E-state index is 11.7. The fourth-order valence-corrected chi connectivity index (χ4v) is 1.69. The Balaban J connectivity index is 3.04. The first-order chi connectivity index (χ1) is 7.66. The van der Waals surface area contributed by atoms with Crippen LogP contribution in [-0.2, 0) is 4.79 Å². The molecule has 2 nitrogen and oxygen atoms in total. The molecule has 16 heavy (non-hydrogen) atoms. The van der Waals surface area contributed by atoms with Crippen molar-refractivity contribution in [1.82, 2.24) is 5.32 Å². The molecule has 0 amide bonds. The molecule has 0 saturated heterocycles. The van der Waals surface area contributed by atoms with E-state index in [0.717, 1.165) is 29.8 Å². The van der Waals surface area contributed by atoms with Crippen molar-refractivity contribution in [3.63, 3.8) is 0 Å². The first kappa shape index (κ1) is 12.5. The van der Waals surface area contributed by atoms with Crippen molar-refractivity contribution in [1.29, 1.82) is 0 Å². The van der Waals surface area contributed by atoms with Crippen molar-refractivity contribution in [2.45, 2.75) is 27.2 Å². The number of hydrogen-bond donors (Lipinski definition) is 1. The zero-order valence-electron chi connectivity index (χ0n) is 10.2. The highest BCUT2D eigenvalue weighted by Crippen LogP contribution is 2.18. The first-order valence-electron chi connectivity index (χ1n) is 5.68. The van der Waals surface area contributed by atoms with Gasteiger partial charge in [0.15, 0.2) is 5.78 Å². The third-order valence-corrected chi connectivity index (χ3v) is 2.43. The summed E-state index contributed by atoms with van der Waals surface area (Å²) in [6.45, 7) is 6.57. The predicted molar refractivity (Wildman–Crippen MR) is 68.0 cm³/mol. The average molecular weight is 217 g/mol. The lowest BCUT2D eigenvalue weighted by molar-refractivity contribution is -0.111. The smallest absolute Gasteiger partial charge is 0.162 e. The van der Waals surface area contributed by atoms with E-state index in [4.69, 9.17) is 0 Å². The number of ketones is 1. The second-order valence-electron chi connectivity index (χ2n) is 3.85. The van der Waals surface area contributed by atoms with Gasteiger partial charge in [-0.25, -0.2) is 0 Å². The van der Waals surface area contributed by atoms with Gasteiger partial charge in [0, 0.05) is 17.8 Å². The van der Waals surface area contributed by atoms with E-state index in [1.54, 1.807) is 6.92 Å². The molecule has 2 heteroatoms. The van der Waals surface area contributed by atoms with Crippen molar-refractivity contribution in [2.24, 2.45) is 0 Å². The van der Waals surface area contributed by atoms with E-state index in [1.807, 2.05) is 37.3 Å².